The fourth-order valence-electron chi connectivity index (χ4n) is 3.18. The summed E-state index contributed by atoms with van der Waals surface area (Å²) >= 11 is 1.68. The molecule has 0 saturated carbocycles. The molecule has 1 amide bonds. The lowest BCUT2D eigenvalue weighted by Crippen LogP contribution is -2.49. The minimum atomic E-state index is -3.52. The Labute approximate surface area is 164 Å². The SMILES string of the molecule is CSCCC(=O)N1CCN(c2ccc(S(=O)(=O)N3CCOCC3)cn2)CC1. The molecule has 0 radical (unpaired) electrons. The van der Waals surface area contributed by atoms with E-state index in [1.165, 1.54) is 10.5 Å². The van der Waals surface area contributed by atoms with Crippen LogP contribution in [0.5, 0.6) is 0 Å². The number of aromatic nitrogens is 1. The van der Waals surface area contributed by atoms with Gasteiger partial charge in [-0.1, -0.05) is 0 Å². The molecule has 8 nitrogen and oxygen atoms in total. The van der Waals surface area contributed by atoms with Gasteiger partial charge in [-0.3, -0.25) is 4.79 Å². The number of pyridine rings is 1. The number of anilines is 1. The van der Waals surface area contributed by atoms with Crippen molar-refractivity contribution in [3.8, 4) is 0 Å². The highest BCUT2D eigenvalue weighted by molar-refractivity contribution is 7.98. The number of piperazine rings is 1. The van der Waals surface area contributed by atoms with Crippen LogP contribution in [0.2, 0.25) is 0 Å². The molecule has 0 bridgehead atoms. The standard InChI is InChI=1S/C17H26N4O4S2/c1-26-13-4-17(22)20-7-5-19(6-8-20)16-3-2-15(14-18-16)27(23,24)21-9-11-25-12-10-21/h2-3,14H,4-13H2,1H3. The fraction of sp³-hybridized carbons (Fsp3) is 0.647. The van der Waals surface area contributed by atoms with E-state index in [1.807, 2.05) is 11.2 Å². The lowest BCUT2D eigenvalue weighted by molar-refractivity contribution is -0.131. The molecule has 3 rings (SSSR count). The van der Waals surface area contributed by atoms with Crippen LogP contribution in [0, 0.1) is 0 Å². The van der Waals surface area contributed by atoms with E-state index < -0.39 is 10.0 Å². The maximum absolute atomic E-state index is 12.6. The molecule has 27 heavy (non-hydrogen) atoms. The van der Waals surface area contributed by atoms with E-state index in [4.69, 9.17) is 4.74 Å². The fourth-order valence-corrected chi connectivity index (χ4v) is 4.91. The van der Waals surface area contributed by atoms with Crippen molar-refractivity contribution in [1.82, 2.24) is 14.2 Å². The molecule has 2 saturated heterocycles. The van der Waals surface area contributed by atoms with Gasteiger partial charge in [0.15, 0.2) is 0 Å². The number of hydrogen-bond acceptors (Lipinski definition) is 7. The van der Waals surface area contributed by atoms with E-state index >= 15 is 0 Å². The van der Waals surface area contributed by atoms with E-state index in [0.717, 1.165) is 11.6 Å². The van der Waals surface area contributed by atoms with Crippen molar-refractivity contribution in [2.75, 3.05) is 69.4 Å². The van der Waals surface area contributed by atoms with Crippen LogP contribution in [0.3, 0.4) is 0 Å². The number of carbonyl (C=O) groups is 1. The molecule has 2 fully saturated rings. The zero-order valence-electron chi connectivity index (χ0n) is 15.5. The van der Waals surface area contributed by atoms with E-state index in [2.05, 4.69) is 9.88 Å². The summed E-state index contributed by atoms with van der Waals surface area (Å²) in [6.45, 7) is 4.33. The third kappa shape index (κ3) is 4.92. The van der Waals surface area contributed by atoms with Gasteiger partial charge in [0.25, 0.3) is 0 Å². The van der Waals surface area contributed by atoms with Gasteiger partial charge in [-0.05, 0) is 18.4 Å². The number of carbonyl (C=O) groups excluding carboxylic acids is 1. The molecule has 2 aliphatic rings. The quantitative estimate of drug-likeness (QED) is 0.670. The predicted molar refractivity (Wildman–Crippen MR) is 106 cm³/mol. The van der Waals surface area contributed by atoms with Crippen molar-refractivity contribution >= 4 is 33.5 Å². The number of nitrogens with zero attached hydrogens (tertiary/aromatic N) is 4. The van der Waals surface area contributed by atoms with Crippen molar-refractivity contribution in [2.45, 2.75) is 11.3 Å². The molecular weight excluding hydrogens is 388 g/mol. The number of sulfonamides is 1. The summed E-state index contributed by atoms with van der Waals surface area (Å²) < 4.78 is 32.0. The van der Waals surface area contributed by atoms with Crippen LogP contribution in [0.25, 0.3) is 0 Å². The Morgan fingerprint density at radius 2 is 1.85 bits per heavy atom. The predicted octanol–water partition coefficient (Wildman–Crippen LogP) is 0.504. The van der Waals surface area contributed by atoms with Crippen LogP contribution < -0.4 is 4.90 Å². The summed E-state index contributed by atoms with van der Waals surface area (Å²) in [6.07, 6.45) is 4.00. The topological polar surface area (TPSA) is 83.1 Å². The van der Waals surface area contributed by atoms with Crippen molar-refractivity contribution in [1.29, 1.82) is 0 Å². The Morgan fingerprint density at radius 1 is 1.15 bits per heavy atom. The smallest absolute Gasteiger partial charge is 0.244 e. The van der Waals surface area contributed by atoms with Gasteiger partial charge in [0, 0.05) is 57.6 Å². The third-order valence-electron chi connectivity index (χ3n) is 4.80. The monoisotopic (exact) mass is 414 g/mol. The third-order valence-corrected chi connectivity index (χ3v) is 7.30. The van der Waals surface area contributed by atoms with E-state index in [0.29, 0.717) is 58.9 Å². The molecule has 3 heterocycles. The molecule has 0 N–H and O–H groups in total. The van der Waals surface area contributed by atoms with Crippen LogP contribution in [0.15, 0.2) is 23.2 Å². The van der Waals surface area contributed by atoms with Gasteiger partial charge >= 0.3 is 0 Å². The van der Waals surface area contributed by atoms with Crippen molar-refractivity contribution < 1.29 is 17.9 Å². The van der Waals surface area contributed by atoms with Crippen molar-refractivity contribution in [2.24, 2.45) is 0 Å². The maximum Gasteiger partial charge on any atom is 0.244 e. The highest BCUT2D eigenvalue weighted by atomic mass is 32.2. The van der Waals surface area contributed by atoms with Crippen molar-refractivity contribution in [3.05, 3.63) is 18.3 Å². The van der Waals surface area contributed by atoms with Gasteiger partial charge in [0.05, 0.1) is 13.2 Å². The Hall–Kier alpha value is -1.36. The summed E-state index contributed by atoms with van der Waals surface area (Å²) in [5, 5.41) is 0. The maximum atomic E-state index is 12.6. The first-order valence-corrected chi connectivity index (χ1v) is 11.9. The van der Waals surface area contributed by atoms with Gasteiger partial charge < -0.3 is 14.5 Å². The van der Waals surface area contributed by atoms with Gasteiger partial charge in [-0.25, -0.2) is 13.4 Å². The zero-order chi connectivity index (χ0) is 19.3. The normalized spacial score (nSPS) is 19.3. The molecule has 10 heteroatoms. The number of rotatable bonds is 6. The molecule has 0 unspecified atom stereocenters. The van der Waals surface area contributed by atoms with Crippen LogP contribution >= 0.6 is 11.8 Å². The second-order valence-corrected chi connectivity index (χ2v) is 9.40. The minimum Gasteiger partial charge on any atom is -0.379 e. The Balaban J connectivity index is 1.59. The highest BCUT2D eigenvalue weighted by Crippen LogP contribution is 2.20. The number of morpholine rings is 1. The molecule has 1 aromatic rings. The van der Waals surface area contributed by atoms with Gasteiger partial charge in [-0.2, -0.15) is 16.1 Å². The number of hydrogen-bond donors (Lipinski definition) is 0. The van der Waals surface area contributed by atoms with Crippen molar-refractivity contribution in [3.63, 3.8) is 0 Å². The molecule has 0 atom stereocenters. The summed E-state index contributed by atoms with van der Waals surface area (Å²) in [4.78, 5) is 20.7. The molecule has 0 aromatic carbocycles. The zero-order valence-corrected chi connectivity index (χ0v) is 17.2. The first-order chi connectivity index (χ1) is 13.0. The average molecular weight is 415 g/mol. The summed E-state index contributed by atoms with van der Waals surface area (Å²) in [5.74, 6) is 1.79. The molecule has 2 aliphatic heterocycles. The first kappa shape index (κ1) is 20.4. The Bertz CT molecular complexity index is 728. The Morgan fingerprint density at radius 3 is 2.44 bits per heavy atom. The van der Waals surface area contributed by atoms with Gasteiger partial charge in [0.2, 0.25) is 15.9 Å². The summed E-state index contributed by atoms with van der Waals surface area (Å²) in [6, 6.07) is 3.36. The van der Waals surface area contributed by atoms with Gasteiger partial charge in [0.1, 0.15) is 10.7 Å². The van der Waals surface area contributed by atoms with E-state index in [9.17, 15) is 13.2 Å². The second kappa shape index (κ2) is 9.22. The summed E-state index contributed by atoms with van der Waals surface area (Å²) in [5.41, 5.74) is 0. The molecule has 1 aromatic heterocycles. The first-order valence-electron chi connectivity index (χ1n) is 9.08. The number of ether oxygens (including phenoxy) is 1. The Kier molecular flexibility index (Phi) is 6.96. The summed E-state index contributed by atoms with van der Waals surface area (Å²) in [7, 11) is -3.52. The van der Waals surface area contributed by atoms with E-state index in [-0.39, 0.29) is 10.8 Å². The number of thioether (sulfide) groups is 1. The lowest BCUT2D eigenvalue weighted by atomic mass is 10.3. The minimum absolute atomic E-state index is 0.198. The molecule has 0 spiro atoms. The average Bonchev–Trinajstić information content (AvgIpc) is 2.73. The lowest BCUT2D eigenvalue weighted by Gasteiger charge is -2.35. The largest absolute Gasteiger partial charge is 0.379 e. The van der Waals surface area contributed by atoms with Crippen LogP contribution in [0.1, 0.15) is 6.42 Å². The van der Waals surface area contributed by atoms with Crippen LogP contribution in [-0.4, -0.2) is 93.0 Å². The van der Waals surface area contributed by atoms with E-state index in [1.54, 1.807) is 23.9 Å². The molecular formula is C17H26N4O4S2. The van der Waals surface area contributed by atoms with Gasteiger partial charge in [-0.15, -0.1) is 0 Å². The van der Waals surface area contributed by atoms with Crippen LogP contribution in [0.4, 0.5) is 5.82 Å². The second-order valence-electron chi connectivity index (χ2n) is 6.48. The highest BCUT2D eigenvalue weighted by Gasteiger charge is 2.27. The molecule has 0 aliphatic carbocycles. The van der Waals surface area contributed by atoms with Crippen LogP contribution in [-0.2, 0) is 19.6 Å². The number of amides is 1. The molecule has 150 valence electrons.